The molecule has 11 aromatic rings. The van der Waals surface area contributed by atoms with E-state index in [0.29, 0.717) is 0 Å². The van der Waals surface area contributed by atoms with E-state index in [9.17, 15) is 17.3 Å². The summed E-state index contributed by atoms with van der Waals surface area (Å²) in [6, 6.07) is 98.1. The van der Waals surface area contributed by atoms with Gasteiger partial charge in [0, 0.05) is 45.9 Å². The van der Waals surface area contributed by atoms with Crippen molar-refractivity contribution >= 4 is 7.25 Å². The second kappa shape index (κ2) is 23.2. The Morgan fingerprint density at radius 2 is 0.539 bits per heavy atom. The van der Waals surface area contributed by atoms with Crippen LogP contribution >= 0.6 is 0 Å². The van der Waals surface area contributed by atoms with Crippen molar-refractivity contribution in [2.75, 3.05) is 0 Å². The molecule has 76 heavy (non-hydrogen) atoms. The van der Waals surface area contributed by atoms with Crippen molar-refractivity contribution in [3.8, 4) is 11.4 Å². The molecule has 0 saturated heterocycles. The van der Waals surface area contributed by atoms with Gasteiger partial charge in [0.2, 0.25) is 0 Å². The lowest BCUT2D eigenvalue weighted by atomic mass is 9.78. The van der Waals surface area contributed by atoms with Crippen molar-refractivity contribution in [2.24, 2.45) is 0 Å². The van der Waals surface area contributed by atoms with Gasteiger partial charge in [0.15, 0.2) is 0 Å². The van der Waals surface area contributed by atoms with Crippen molar-refractivity contribution in [3.05, 3.63) is 364 Å². The molecule has 0 fully saturated rings. The molecule has 0 N–H and O–H groups in total. The fourth-order valence-electron chi connectivity index (χ4n) is 11.1. The maximum absolute atomic E-state index is 9.75. The number of halogens is 4. The second-order valence-electron chi connectivity index (χ2n) is 19.3. The molecule has 0 aliphatic rings. The Morgan fingerprint density at radius 3 is 0.776 bits per heavy atom. The number of nitrogens with zero attached hydrogens (tertiary/aromatic N) is 2. The first-order valence-electron chi connectivity index (χ1n) is 25.7. The van der Waals surface area contributed by atoms with Crippen LogP contribution in [0, 0.1) is 13.8 Å². The number of hydrogen-bond acceptors (Lipinski definition) is 0. The average Bonchev–Trinajstić information content (AvgIpc) is 3.93. The van der Waals surface area contributed by atoms with Gasteiger partial charge in [-0.25, -0.2) is 9.13 Å². The van der Waals surface area contributed by atoms with Crippen molar-refractivity contribution in [1.29, 1.82) is 0 Å². The van der Waals surface area contributed by atoms with E-state index in [0.717, 1.165) is 0 Å². The third-order valence-electron chi connectivity index (χ3n) is 14.1. The second-order valence-corrected chi connectivity index (χ2v) is 19.3. The first-order chi connectivity index (χ1) is 37.1. The first-order valence-corrected chi connectivity index (χ1v) is 25.7. The largest absolute Gasteiger partial charge is 0.673 e. The van der Waals surface area contributed by atoms with E-state index in [4.69, 9.17) is 0 Å². The molecule has 10 aromatic carbocycles. The van der Waals surface area contributed by atoms with Gasteiger partial charge in [-0.15, -0.1) is 0 Å². The Morgan fingerprint density at radius 1 is 0.329 bits per heavy atom. The zero-order valence-electron chi connectivity index (χ0n) is 42.4. The minimum atomic E-state index is -6.00. The van der Waals surface area contributed by atoms with E-state index < -0.39 is 7.25 Å². The van der Waals surface area contributed by atoms with Crippen LogP contribution in [0.15, 0.2) is 286 Å². The summed E-state index contributed by atoms with van der Waals surface area (Å²) < 4.78 is 43.9. The lowest BCUT2D eigenvalue weighted by molar-refractivity contribution is -0.595. The predicted octanol–water partition coefficient (Wildman–Crippen LogP) is 17.4. The highest BCUT2D eigenvalue weighted by molar-refractivity contribution is 6.50. The summed E-state index contributed by atoms with van der Waals surface area (Å²) in [6.45, 7) is 4.52. The zero-order valence-corrected chi connectivity index (χ0v) is 42.4. The molecule has 2 nitrogen and oxygen atoms in total. The Bertz CT molecular complexity index is 2990. The average molecular weight is 1000 g/mol. The van der Waals surface area contributed by atoms with E-state index in [1.54, 1.807) is 0 Å². The number of hydrogen-bond donors (Lipinski definition) is 0. The molecule has 374 valence electrons. The van der Waals surface area contributed by atoms with Crippen LogP contribution in [-0.4, -0.2) is 11.8 Å². The molecule has 11 rings (SSSR count). The van der Waals surface area contributed by atoms with E-state index in [1.807, 2.05) is 0 Å². The zero-order chi connectivity index (χ0) is 52.4. The van der Waals surface area contributed by atoms with Crippen LogP contribution in [0.5, 0.6) is 0 Å². The highest BCUT2D eigenvalue weighted by Gasteiger charge is 2.34. The predicted molar refractivity (Wildman–Crippen MR) is 302 cm³/mol. The maximum Gasteiger partial charge on any atom is 0.673 e. The quantitative estimate of drug-likeness (QED) is 0.0444. The van der Waals surface area contributed by atoms with Crippen LogP contribution in [0.4, 0.5) is 17.3 Å². The van der Waals surface area contributed by atoms with Crippen LogP contribution < -0.4 is 4.57 Å². The van der Waals surface area contributed by atoms with Gasteiger partial charge in [0.25, 0.3) is 6.33 Å². The highest BCUT2D eigenvalue weighted by atomic mass is 19.5. The molecule has 0 radical (unpaired) electrons. The van der Waals surface area contributed by atoms with Crippen molar-refractivity contribution in [3.63, 3.8) is 0 Å². The Hall–Kier alpha value is -8.81. The van der Waals surface area contributed by atoms with E-state index in [-0.39, 0.29) is 23.7 Å². The summed E-state index contributed by atoms with van der Waals surface area (Å²) in [5.41, 5.74) is 19.8. The van der Waals surface area contributed by atoms with Crippen LogP contribution in [0.1, 0.15) is 102 Å². The molecule has 1 aromatic heterocycles. The smallest absolute Gasteiger partial charge is 0.418 e. The molecular weight excluding hydrogens is 944 g/mol. The van der Waals surface area contributed by atoms with Gasteiger partial charge in [-0.2, -0.15) is 0 Å². The fourth-order valence-corrected chi connectivity index (χ4v) is 11.1. The topological polar surface area (TPSA) is 8.81 Å². The number of aromatic nitrogens is 2. The summed E-state index contributed by atoms with van der Waals surface area (Å²) in [4.78, 5) is 0. The lowest BCUT2D eigenvalue weighted by Crippen LogP contribution is -2.33. The van der Waals surface area contributed by atoms with Gasteiger partial charge >= 0.3 is 7.25 Å². The van der Waals surface area contributed by atoms with Crippen LogP contribution in [0.3, 0.4) is 0 Å². The minimum absolute atomic E-state index is 0.0549. The van der Waals surface area contributed by atoms with Gasteiger partial charge in [0.1, 0.15) is 23.8 Å². The lowest BCUT2D eigenvalue weighted by Gasteiger charge is -2.27. The summed E-state index contributed by atoms with van der Waals surface area (Å²) in [6.07, 6.45) is 6.95. The van der Waals surface area contributed by atoms with Gasteiger partial charge < -0.3 is 17.3 Å². The van der Waals surface area contributed by atoms with Crippen LogP contribution in [-0.2, 0) is 0 Å². The molecule has 0 aliphatic carbocycles. The molecule has 0 unspecified atom stereocenters. The number of benzene rings is 10. The first kappa shape index (κ1) is 50.7. The van der Waals surface area contributed by atoms with Crippen LogP contribution in [0.25, 0.3) is 11.4 Å². The summed E-state index contributed by atoms with van der Waals surface area (Å²) in [5.74, 6) is -0.220. The van der Waals surface area contributed by atoms with E-state index in [2.05, 4.69) is 309 Å². The van der Waals surface area contributed by atoms with Crippen molar-refractivity contribution in [2.45, 2.75) is 37.5 Å². The number of aryl methyl sites for hydroxylation is 2. The molecular formula is C69H57BF4N2. The molecule has 0 spiro atoms. The standard InChI is InChI=1S/C69H57N2.BF4/c1-50-45-60(64(52-27-11-3-12-28-52)53-29-13-4-14-30-53)68(61(46-50)65(54-31-15-5-16-32-54)55-33-17-6-18-34-55)70-43-44-71(49-70)69-62(66(56-35-19-7-20-36-56)57-37-21-8-22-38-57)47-51(2)48-63(69)67(58-39-23-9-24-40-58)59-41-25-10-26-42-59;2-1(3,4)5/h3-49,64-67H,1-2H3;/q+1;-1. The van der Waals surface area contributed by atoms with E-state index >= 15 is 0 Å². The van der Waals surface area contributed by atoms with Crippen molar-refractivity contribution in [1.82, 2.24) is 4.57 Å². The number of rotatable bonds is 14. The minimum Gasteiger partial charge on any atom is -0.418 e. The third-order valence-corrected chi connectivity index (χ3v) is 14.1. The monoisotopic (exact) mass is 1000 g/mol. The Kier molecular flexibility index (Phi) is 15.5. The Labute approximate surface area is 444 Å². The van der Waals surface area contributed by atoms with Gasteiger partial charge in [-0.1, -0.05) is 278 Å². The molecule has 0 atom stereocenters. The molecule has 7 heteroatoms. The van der Waals surface area contributed by atoms with Crippen molar-refractivity contribution < 1.29 is 21.8 Å². The molecule has 0 saturated carbocycles. The Balaban J connectivity index is 0.00000126. The maximum atomic E-state index is 9.75. The van der Waals surface area contributed by atoms with Gasteiger partial charge in [-0.05, 0) is 58.4 Å². The summed E-state index contributed by atoms with van der Waals surface area (Å²) in [5, 5.41) is 0. The SMILES string of the molecule is Cc1cc(C(c2ccccc2)c2ccccc2)c(-n2cc[n+](-c3c(C(c4ccccc4)c4ccccc4)cc(C)cc3C(c3ccccc3)c3ccccc3)c2)c(C(c2ccccc2)c2ccccc2)c1.F[B-](F)(F)F. The highest BCUT2D eigenvalue weighted by Crippen LogP contribution is 2.45. The summed E-state index contributed by atoms with van der Waals surface area (Å²) >= 11 is 0. The van der Waals surface area contributed by atoms with Gasteiger partial charge in [-0.3, -0.25) is 0 Å². The fraction of sp³-hybridized carbons (Fsp3) is 0.0870. The number of imidazole rings is 1. The van der Waals surface area contributed by atoms with E-state index in [1.165, 1.54) is 89.3 Å². The van der Waals surface area contributed by atoms with Crippen LogP contribution in [0.2, 0.25) is 0 Å². The molecule has 0 bridgehead atoms. The molecule has 0 aliphatic heterocycles. The normalized spacial score (nSPS) is 11.5. The molecule has 1 heterocycles. The molecule has 0 amide bonds. The summed E-state index contributed by atoms with van der Waals surface area (Å²) in [7, 11) is -6.00. The van der Waals surface area contributed by atoms with Gasteiger partial charge in [0.05, 0.1) is 0 Å². The third kappa shape index (κ3) is 11.6.